The Morgan fingerprint density at radius 1 is 0.759 bits per heavy atom. The summed E-state index contributed by atoms with van der Waals surface area (Å²) in [7, 11) is 0. The van der Waals surface area contributed by atoms with E-state index in [-0.39, 0.29) is 18.8 Å². The number of hydrogen-bond acceptors (Lipinski definition) is 4. The smallest absolute Gasteiger partial charge is 0.311 e. The molecule has 1 aromatic carbocycles. The molecule has 0 fully saturated rings. The van der Waals surface area contributed by atoms with E-state index < -0.39 is 5.97 Å². The maximum absolute atomic E-state index is 11.8. The fourth-order valence-electron chi connectivity index (χ4n) is 3.27. The third-order valence-electron chi connectivity index (χ3n) is 5.02. The van der Waals surface area contributed by atoms with Crippen LogP contribution in [0.15, 0.2) is 24.3 Å². The number of esters is 2. The molecule has 0 radical (unpaired) electrons. The van der Waals surface area contributed by atoms with Crippen LogP contribution >= 0.6 is 0 Å². The van der Waals surface area contributed by atoms with Gasteiger partial charge in [-0.15, -0.1) is 0 Å². The maximum atomic E-state index is 11.8. The first-order chi connectivity index (χ1) is 14.1. The van der Waals surface area contributed by atoms with Crippen molar-refractivity contribution in [3.05, 3.63) is 29.8 Å². The van der Waals surface area contributed by atoms with Gasteiger partial charge >= 0.3 is 11.9 Å². The Hall–Kier alpha value is -1.84. The number of rotatable bonds is 17. The van der Waals surface area contributed by atoms with Crippen LogP contribution in [0.3, 0.4) is 0 Å². The van der Waals surface area contributed by atoms with Crippen LogP contribution in [0, 0.1) is 6.92 Å². The first-order valence-electron chi connectivity index (χ1n) is 11.5. The van der Waals surface area contributed by atoms with E-state index in [1.165, 1.54) is 64.2 Å². The second-order valence-corrected chi connectivity index (χ2v) is 7.90. The third kappa shape index (κ3) is 14.8. The van der Waals surface area contributed by atoms with E-state index >= 15 is 0 Å². The van der Waals surface area contributed by atoms with Crippen LogP contribution < -0.4 is 4.74 Å². The van der Waals surface area contributed by atoms with Crippen LogP contribution in [-0.2, 0) is 14.3 Å². The van der Waals surface area contributed by atoms with Gasteiger partial charge in [-0.25, -0.2) is 0 Å². The molecule has 0 amide bonds. The molecule has 0 aliphatic rings. The van der Waals surface area contributed by atoms with E-state index in [4.69, 9.17) is 9.47 Å². The molecule has 1 aromatic rings. The molecule has 0 aliphatic carbocycles. The van der Waals surface area contributed by atoms with E-state index in [0.29, 0.717) is 12.4 Å². The lowest BCUT2D eigenvalue weighted by molar-refractivity contribution is -0.147. The SMILES string of the molecule is CCCCCCCCCCCCCCOC(=O)CCC(=O)Oc1cccc(C)c1. The van der Waals surface area contributed by atoms with E-state index in [1.807, 2.05) is 19.1 Å². The van der Waals surface area contributed by atoms with Gasteiger partial charge < -0.3 is 9.47 Å². The highest BCUT2D eigenvalue weighted by Crippen LogP contribution is 2.14. The van der Waals surface area contributed by atoms with Crippen LogP contribution in [0.5, 0.6) is 5.75 Å². The fourth-order valence-corrected chi connectivity index (χ4v) is 3.27. The van der Waals surface area contributed by atoms with E-state index in [9.17, 15) is 9.59 Å². The van der Waals surface area contributed by atoms with Gasteiger partial charge in [-0.1, -0.05) is 89.7 Å². The average Bonchev–Trinajstić information content (AvgIpc) is 2.70. The van der Waals surface area contributed by atoms with Gasteiger partial charge in [0, 0.05) is 0 Å². The Morgan fingerprint density at radius 3 is 1.90 bits per heavy atom. The van der Waals surface area contributed by atoms with Gasteiger partial charge in [0.1, 0.15) is 5.75 Å². The largest absolute Gasteiger partial charge is 0.466 e. The molecule has 0 saturated heterocycles. The molecule has 0 bridgehead atoms. The predicted molar refractivity (Wildman–Crippen MR) is 118 cm³/mol. The first-order valence-corrected chi connectivity index (χ1v) is 11.5. The lowest BCUT2D eigenvalue weighted by atomic mass is 10.1. The Morgan fingerprint density at radius 2 is 1.31 bits per heavy atom. The zero-order chi connectivity index (χ0) is 21.2. The zero-order valence-corrected chi connectivity index (χ0v) is 18.5. The number of benzene rings is 1. The second kappa shape index (κ2) is 17.1. The minimum atomic E-state index is -0.405. The van der Waals surface area contributed by atoms with Crippen molar-refractivity contribution in [3.63, 3.8) is 0 Å². The van der Waals surface area contributed by atoms with Gasteiger partial charge in [-0.3, -0.25) is 9.59 Å². The number of carbonyl (C=O) groups is 2. The van der Waals surface area contributed by atoms with Gasteiger partial charge in [-0.2, -0.15) is 0 Å². The standard InChI is InChI=1S/C25H40O4/c1-3-4-5-6-7-8-9-10-11-12-13-14-20-28-24(26)18-19-25(27)29-23-17-15-16-22(2)21-23/h15-17,21H,3-14,18-20H2,1-2H3. The molecule has 0 heterocycles. The number of ether oxygens (including phenoxy) is 2. The number of carbonyl (C=O) groups excluding carboxylic acids is 2. The van der Waals surface area contributed by atoms with E-state index in [0.717, 1.165) is 18.4 Å². The summed E-state index contributed by atoms with van der Waals surface area (Å²) in [4.78, 5) is 23.5. The van der Waals surface area contributed by atoms with Crippen LogP contribution in [0.2, 0.25) is 0 Å². The van der Waals surface area contributed by atoms with Crippen molar-refractivity contribution in [1.29, 1.82) is 0 Å². The summed E-state index contributed by atoms with van der Waals surface area (Å²) in [6.45, 7) is 4.64. The number of unbranched alkanes of at least 4 members (excludes halogenated alkanes) is 11. The summed E-state index contributed by atoms with van der Waals surface area (Å²) in [6, 6.07) is 7.30. The zero-order valence-electron chi connectivity index (χ0n) is 18.5. The van der Waals surface area contributed by atoms with E-state index in [1.54, 1.807) is 12.1 Å². The van der Waals surface area contributed by atoms with Crippen molar-refractivity contribution in [2.45, 2.75) is 104 Å². The summed E-state index contributed by atoms with van der Waals surface area (Å²) < 4.78 is 10.4. The molecule has 29 heavy (non-hydrogen) atoms. The Kier molecular flexibility index (Phi) is 14.8. The van der Waals surface area contributed by atoms with Crippen molar-refractivity contribution in [3.8, 4) is 5.75 Å². The molecule has 0 saturated carbocycles. The monoisotopic (exact) mass is 404 g/mol. The minimum absolute atomic E-state index is 0.0468. The maximum Gasteiger partial charge on any atom is 0.311 e. The molecule has 0 aliphatic heterocycles. The number of aryl methyl sites for hydroxylation is 1. The Balaban J connectivity index is 1.89. The Bertz CT molecular complexity index is 568. The molecular weight excluding hydrogens is 364 g/mol. The third-order valence-corrected chi connectivity index (χ3v) is 5.02. The molecule has 0 spiro atoms. The van der Waals surface area contributed by atoms with Crippen LogP contribution in [0.1, 0.15) is 102 Å². The molecule has 0 unspecified atom stereocenters. The van der Waals surface area contributed by atoms with Gasteiger partial charge in [0.25, 0.3) is 0 Å². The van der Waals surface area contributed by atoms with Crippen LogP contribution in [0.25, 0.3) is 0 Å². The molecule has 0 aromatic heterocycles. The summed E-state index contributed by atoms with van der Waals surface area (Å²) in [5.41, 5.74) is 1.03. The highest BCUT2D eigenvalue weighted by atomic mass is 16.5. The topological polar surface area (TPSA) is 52.6 Å². The van der Waals surface area contributed by atoms with Crippen molar-refractivity contribution in [2.75, 3.05) is 6.61 Å². The first kappa shape index (κ1) is 25.2. The van der Waals surface area contributed by atoms with Crippen LogP contribution in [-0.4, -0.2) is 18.5 Å². The summed E-state index contributed by atoms with van der Waals surface area (Å²) in [5, 5.41) is 0. The molecular formula is C25H40O4. The van der Waals surface area contributed by atoms with Crippen molar-refractivity contribution in [2.24, 2.45) is 0 Å². The van der Waals surface area contributed by atoms with Gasteiger partial charge in [0.2, 0.25) is 0 Å². The van der Waals surface area contributed by atoms with Crippen molar-refractivity contribution >= 4 is 11.9 Å². The van der Waals surface area contributed by atoms with Crippen molar-refractivity contribution in [1.82, 2.24) is 0 Å². The number of hydrogen-bond donors (Lipinski definition) is 0. The van der Waals surface area contributed by atoms with Gasteiger partial charge in [-0.05, 0) is 31.0 Å². The molecule has 1 rings (SSSR count). The van der Waals surface area contributed by atoms with Crippen LogP contribution in [0.4, 0.5) is 0 Å². The highest BCUT2D eigenvalue weighted by molar-refractivity contribution is 5.79. The summed E-state index contributed by atoms with van der Waals surface area (Å²) >= 11 is 0. The predicted octanol–water partition coefficient (Wildman–Crippen LogP) is 6.92. The fraction of sp³-hybridized carbons (Fsp3) is 0.680. The highest BCUT2D eigenvalue weighted by Gasteiger charge is 2.10. The quantitative estimate of drug-likeness (QED) is 0.160. The Labute approximate surface area is 177 Å². The van der Waals surface area contributed by atoms with Gasteiger partial charge in [0.15, 0.2) is 0 Å². The minimum Gasteiger partial charge on any atom is -0.466 e. The molecule has 4 nitrogen and oxygen atoms in total. The second-order valence-electron chi connectivity index (χ2n) is 7.90. The van der Waals surface area contributed by atoms with E-state index in [2.05, 4.69) is 6.92 Å². The molecule has 0 atom stereocenters. The molecule has 4 heteroatoms. The lowest BCUT2D eigenvalue weighted by Crippen LogP contribution is -2.12. The molecule has 0 N–H and O–H groups in total. The van der Waals surface area contributed by atoms with Crippen molar-refractivity contribution < 1.29 is 19.1 Å². The van der Waals surface area contributed by atoms with Gasteiger partial charge in [0.05, 0.1) is 19.4 Å². The summed E-state index contributed by atoms with van der Waals surface area (Å²) in [6.07, 6.45) is 15.5. The lowest BCUT2D eigenvalue weighted by Gasteiger charge is -2.06. The average molecular weight is 405 g/mol. The summed E-state index contributed by atoms with van der Waals surface area (Å²) in [5.74, 6) is -0.216. The normalized spacial score (nSPS) is 10.7. The molecule has 164 valence electrons.